The van der Waals surface area contributed by atoms with Gasteiger partial charge in [0.2, 0.25) is 11.8 Å². The molecule has 5 nitrogen and oxygen atoms in total. The van der Waals surface area contributed by atoms with Crippen molar-refractivity contribution in [2.75, 3.05) is 31.6 Å². The van der Waals surface area contributed by atoms with Crippen LogP contribution >= 0.6 is 0 Å². The molecule has 0 N–H and O–H groups in total. The lowest BCUT2D eigenvalue weighted by molar-refractivity contribution is -0.134. The normalized spacial score (nSPS) is 20.5. The predicted molar refractivity (Wildman–Crippen MR) is 93.3 cm³/mol. The van der Waals surface area contributed by atoms with Gasteiger partial charge in [-0.05, 0) is 37.3 Å². The van der Waals surface area contributed by atoms with Gasteiger partial charge in [0.05, 0.1) is 18.7 Å². The van der Waals surface area contributed by atoms with Crippen LogP contribution in [0.1, 0.15) is 38.2 Å². The van der Waals surface area contributed by atoms with E-state index in [2.05, 4.69) is 6.07 Å². The van der Waals surface area contributed by atoms with Gasteiger partial charge in [0.15, 0.2) is 0 Å². The summed E-state index contributed by atoms with van der Waals surface area (Å²) in [7, 11) is 1.65. The summed E-state index contributed by atoms with van der Waals surface area (Å²) in [5, 5.41) is 0. The Morgan fingerprint density at radius 2 is 2.08 bits per heavy atom. The number of piperidine rings is 1. The molecule has 1 unspecified atom stereocenters. The van der Waals surface area contributed by atoms with E-state index in [1.165, 1.54) is 5.56 Å². The van der Waals surface area contributed by atoms with Crippen LogP contribution in [0.15, 0.2) is 18.2 Å². The van der Waals surface area contributed by atoms with E-state index < -0.39 is 0 Å². The molecule has 1 atom stereocenters. The number of hydrogen-bond acceptors (Lipinski definition) is 3. The quantitative estimate of drug-likeness (QED) is 0.856. The first-order valence-electron chi connectivity index (χ1n) is 8.90. The number of benzene rings is 1. The molecule has 0 spiro atoms. The number of ether oxygens (including phenoxy) is 1. The Bertz CT molecular complexity index is 615. The molecule has 0 bridgehead atoms. The van der Waals surface area contributed by atoms with E-state index in [4.69, 9.17) is 4.74 Å². The molecular weight excluding hydrogens is 304 g/mol. The van der Waals surface area contributed by atoms with E-state index in [9.17, 15) is 9.59 Å². The number of carbonyl (C=O) groups is 2. The number of carbonyl (C=O) groups excluding carboxylic acids is 2. The van der Waals surface area contributed by atoms with E-state index in [-0.39, 0.29) is 17.7 Å². The molecule has 5 heteroatoms. The fraction of sp³-hybridized carbons (Fsp3) is 0.579. The monoisotopic (exact) mass is 330 g/mol. The van der Waals surface area contributed by atoms with Gasteiger partial charge in [0.25, 0.3) is 0 Å². The van der Waals surface area contributed by atoms with Crippen LogP contribution in [0.3, 0.4) is 0 Å². The molecule has 3 rings (SSSR count). The Hall–Kier alpha value is -2.04. The molecular formula is C19H26N2O3. The molecule has 24 heavy (non-hydrogen) atoms. The third kappa shape index (κ3) is 3.12. The SMILES string of the molecule is CCC(=O)N1CCCC(C(=O)N2CCCc3cccc(OC)c32)C1. The molecule has 0 radical (unpaired) electrons. The maximum atomic E-state index is 13.2. The highest BCUT2D eigenvalue weighted by Crippen LogP contribution is 2.37. The summed E-state index contributed by atoms with van der Waals surface area (Å²) in [6.45, 7) is 3.92. The van der Waals surface area contributed by atoms with Gasteiger partial charge in [-0.3, -0.25) is 9.59 Å². The van der Waals surface area contributed by atoms with E-state index in [0.717, 1.165) is 50.2 Å². The molecule has 2 aliphatic heterocycles. The van der Waals surface area contributed by atoms with Crippen molar-refractivity contribution >= 4 is 17.5 Å². The van der Waals surface area contributed by atoms with Crippen molar-refractivity contribution in [3.05, 3.63) is 23.8 Å². The number of anilines is 1. The van der Waals surface area contributed by atoms with Crippen LogP contribution in [0.25, 0.3) is 0 Å². The summed E-state index contributed by atoms with van der Waals surface area (Å²) in [6, 6.07) is 5.97. The molecule has 0 saturated carbocycles. The maximum Gasteiger partial charge on any atom is 0.231 e. The molecule has 1 aromatic carbocycles. The molecule has 0 aromatic heterocycles. The van der Waals surface area contributed by atoms with E-state index >= 15 is 0 Å². The van der Waals surface area contributed by atoms with Crippen molar-refractivity contribution in [2.45, 2.75) is 39.0 Å². The second-order valence-electron chi connectivity index (χ2n) is 6.59. The van der Waals surface area contributed by atoms with Crippen LogP contribution in [0.5, 0.6) is 5.75 Å². The van der Waals surface area contributed by atoms with Crippen LogP contribution in [0, 0.1) is 5.92 Å². The number of para-hydroxylation sites is 1. The summed E-state index contributed by atoms with van der Waals surface area (Å²) >= 11 is 0. The Balaban J connectivity index is 1.83. The van der Waals surface area contributed by atoms with Crippen LogP contribution in [-0.4, -0.2) is 43.5 Å². The van der Waals surface area contributed by atoms with E-state index in [1.807, 2.05) is 28.9 Å². The Kier molecular flexibility index (Phi) is 5.07. The van der Waals surface area contributed by atoms with Crippen LogP contribution in [-0.2, 0) is 16.0 Å². The summed E-state index contributed by atoms with van der Waals surface area (Å²) in [5.41, 5.74) is 2.10. The molecule has 1 fully saturated rings. The molecule has 1 saturated heterocycles. The highest BCUT2D eigenvalue weighted by molar-refractivity contribution is 5.98. The second-order valence-corrected chi connectivity index (χ2v) is 6.59. The van der Waals surface area contributed by atoms with Gasteiger partial charge in [-0.2, -0.15) is 0 Å². The number of likely N-dealkylation sites (tertiary alicyclic amines) is 1. The number of hydrogen-bond donors (Lipinski definition) is 0. The zero-order valence-corrected chi connectivity index (χ0v) is 14.6. The summed E-state index contributed by atoms with van der Waals surface area (Å²) in [5.74, 6) is 0.932. The van der Waals surface area contributed by atoms with E-state index in [1.54, 1.807) is 7.11 Å². The molecule has 2 amide bonds. The highest BCUT2D eigenvalue weighted by atomic mass is 16.5. The fourth-order valence-corrected chi connectivity index (χ4v) is 3.85. The van der Waals surface area contributed by atoms with Crippen LogP contribution < -0.4 is 9.64 Å². The van der Waals surface area contributed by atoms with Crippen molar-refractivity contribution in [1.82, 2.24) is 4.90 Å². The smallest absolute Gasteiger partial charge is 0.231 e. The average Bonchev–Trinajstić information content (AvgIpc) is 2.65. The number of aryl methyl sites for hydroxylation is 1. The predicted octanol–water partition coefficient (Wildman–Crippen LogP) is 2.62. The molecule has 130 valence electrons. The first kappa shape index (κ1) is 16.8. The van der Waals surface area contributed by atoms with Crippen LogP contribution in [0.2, 0.25) is 0 Å². The average molecular weight is 330 g/mol. The van der Waals surface area contributed by atoms with Crippen molar-refractivity contribution in [3.8, 4) is 5.75 Å². The maximum absolute atomic E-state index is 13.2. The second kappa shape index (κ2) is 7.24. The standard InChI is InChI=1S/C19H26N2O3/c1-3-17(22)20-11-5-9-15(13-20)19(23)21-12-6-8-14-7-4-10-16(24-2)18(14)21/h4,7,10,15H,3,5-6,8-9,11-13H2,1-2H3. The minimum absolute atomic E-state index is 0.106. The van der Waals surface area contributed by atoms with Crippen molar-refractivity contribution < 1.29 is 14.3 Å². The Labute approximate surface area is 143 Å². The van der Waals surface area contributed by atoms with Gasteiger partial charge in [-0.1, -0.05) is 19.1 Å². The summed E-state index contributed by atoms with van der Waals surface area (Å²) in [4.78, 5) is 28.9. The molecule has 2 heterocycles. The van der Waals surface area contributed by atoms with Gasteiger partial charge >= 0.3 is 0 Å². The van der Waals surface area contributed by atoms with Crippen molar-refractivity contribution in [1.29, 1.82) is 0 Å². The first-order chi connectivity index (χ1) is 11.7. The largest absolute Gasteiger partial charge is 0.495 e. The van der Waals surface area contributed by atoms with Gasteiger partial charge < -0.3 is 14.5 Å². The van der Waals surface area contributed by atoms with Crippen molar-refractivity contribution in [3.63, 3.8) is 0 Å². The zero-order valence-electron chi connectivity index (χ0n) is 14.6. The van der Waals surface area contributed by atoms with Gasteiger partial charge in [-0.25, -0.2) is 0 Å². The number of rotatable bonds is 3. The van der Waals surface area contributed by atoms with Gasteiger partial charge in [0.1, 0.15) is 5.75 Å². The lowest BCUT2D eigenvalue weighted by Crippen LogP contribution is -2.48. The highest BCUT2D eigenvalue weighted by Gasteiger charge is 2.34. The number of methoxy groups -OCH3 is 1. The Morgan fingerprint density at radius 3 is 2.83 bits per heavy atom. The molecule has 1 aromatic rings. The van der Waals surface area contributed by atoms with Crippen molar-refractivity contribution in [2.24, 2.45) is 5.92 Å². The topological polar surface area (TPSA) is 49.9 Å². The number of fused-ring (bicyclic) bond motifs is 1. The minimum atomic E-state index is -0.106. The molecule has 2 aliphatic rings. The van der Waals surface area contributed by atoms with E-state index in [0.29, 0.717) is 13.0 Å². The fourth-order valence-electron chi connectivity index (χ4n) is 3.85. The lowest BCUT2D eigenvalue weighted by Gasteiger charge is -2.37. The minimum Gasteiger partial charge on any atom is -0.495 e. The number of nitrogens with zero attached hydrogens (tertiary/aromatic N) is 2. The summed E-state index contributed by atoms with van der Waals surface area (Å²) in [6.07, 6.45) is 4.20. The van der Waals surface area contributed by atoms with Crippen LogP contribution in [0.4, 0.5) is 5.69 Å². The van der Waals surface area contributed by atoms with Gasteiger partial charge in [-0.15, -0.1) is 0 Å². The third-order valence-electron chi connectivity index (χ3n) is 5.09. The lowest BCUT2D eigenvalue weighted by atomic mass is 9.93. The third-order valence-corrected chi connectivity index (χ3v) is 5.09. The molecule has 0 aliphatic carbocycles. The zero-order chi connectivity index (χ0) is 17.1. The number of amides is 2. The Morgan fingerprint density at radius 1 is 1.25 bits per heavy atom. The summed E-state index contributed by atoms with van der Waals surface area (Å²) < 4.78 is 5.50. The first-order valence-corrected chi connectivity index (χ1v) is 8.90. The van der Waals surface area contributed by atoms with Gasteiger partial charge in [0, 0.05) is 26.1 Å².